The highest BCUT2D eigenvalue weighted by Crippen LogP contribution is 2.16. The molecule has 1 aliphatic rings. The molecule has 0 aromatic heterocycles. The number of carbonyl (C=O) groups excluding carboxylic acids is 2. The summed E-state index contributed by atoms with van der Waals surface area (Å²) in [5.74, 6) is -0.112. The number of hydrogen-bond donors (Lipinski definition) is 3. The molecule has 2 rings (SSSR count). The number of hydrogen-bond acceptors (Lipinski definition) is 3. The Morgan fingerprint density at radius 3 is 2.60 bits per heavy atom. The minimum atomic E-state index is -0.164. The molecule has 1 aromatic rings. The molecule has 1 aliphatic heterocycles. The van der Waals surface area contributed by atoms with Gasteiger partial charge in [-0.25, -0.2) is 4.79 Å². The lowest BCUT2D eigenvalue weighted by Gasteiger charge is -2.12. The molecule has 3 amide bonds. The molecule has 0 spiro atoms. The van der Waals surface area contributed by atoms with Crippen LogP contribution in [-0.4, -0.2) is 44.0 Å². The zero-order chi connectivity index (χ0) is 14.5. The summed E-state index contributed by atoms with van der Waals surface area (Å²) in [5.41, 5.74) is 3.09. The van der Waals surface area contributed by atoms with Crippen LogP contribution in [0.15, 0.2) is 18.2 Å². The van der Waals surface area contributed by atoms with E-state index in [9.17, 15) is 9.59 Å². The molecule has 108 valence electrons. The van der Waals surface area contributed by atoms with Crippen LogP contribution in [0.2, 0.25) is 0 Å². The number of nitrogens with zero attached hydrogens (tertiary/aromatic N) is 1. The number of amides is 3. The third-order valence-corrected chi connectivity index (χ3v) is 3.19. The van der Waals surface area contributed by atoms with Crippen molar-refractivity contribution < 1.29 is 9.59 Å². The maximum absolute atomic E-state index is 12.0. The monoisotopic (exact) mass is 276 g/mol. The lowest BCUT2D eigenvalue weighted by Crippen LogP contribution is -2.39. The fraction of sp³-hybridized carbons (Fsp3) is 0.429. The van der Waals surface area contributed by atoms with Gasteiger partial charge in [0.2, 0.25) is 0 Å². The van der Waals surface area contributed by atoms with Crippen molar-refractivity contribution in [1.82, 2.24) is 20.9 Å². The fourth-order valence-corrected chi connectivity index (χ4v) is 2.04. The maximum atomic E-state index is 12.0. The molecule has 0 atom stereocenters. The third-order valence-electron chi connectivity index (χ3n) is 3.19. The molecule has 0 aliphatic carbocycles. The van der Waals surface area contributed by atoms with Gasteiger partial charge in [-0.05, 0) is 23.3 Å². The molecule has 0 saturated carbocycles. The second kappa shape index (κ2) is 6.38. The quantitative estimate of drug-likeness (QED) is 0.692. The van der Waals surface area contributed by atoms with E-state index in [0.29, 0.717) is 18.7 Å². The van der Waals surface area contributed by atoms with Crippen LogP contribution in [0.5, 0.6) is 0 Å². The van der Waals surface area contributed by atoms with E-state index in [1.165, 1.54) is 16.0 Å². The predicted octanol–water partition coefficient (Wildman–Crippen LogP) is 0.291. The molecule has 1 heterocycles. The average molecular weight is 276 g/mol. The SMILES string of the molecule is CN(C)C(=O)NCCNC(=O)c1ccc2c(c1)CNC2. The number of rotatable bonds is 4. The van der Waals surface area contributed by atoms with Crippen LogP contribution in [0.1, 0.15) is 21.5 Å². The standard InChI is InChI=1S/C14H20N4O2/c1-18(2)14(20)17-6-5-16-13(19)10-3-4-11-8-15-9-12(11)7-10/h3-4,7,15H,5-6,8-9H2,1-2H3,(H,16,19)(H,17,20). The van der Waals surface area contributed by atoms with Crippen molar-refractivity contribution in [1.29, 1.82) is 0 Å². The first-order valence-corrected chi connectivity index (χ1v) is 6.64. The lowest BCUT2D eigenvalue weighted by atomic mass is 10.1. The molecule has 0 unspecified atom stereocenters. The first-order chi connectivity index (χ1) is 9.58. The first kappa shape index (κ1) is 14.3. The number of carbonyl (C=O) groups is 2. The van der Waals surface area contributed by atoms with E-state index in [0.717, 1.165) is 13.1 Å². The van der Waals surface area contributed by atoms with Gasteiger partial charge in [-0.3, -0.25) is 4.79 Å². The van der Waals surface area contributed by atoms with E-state index in [1.54, 1.807) is 14.1 Å². The summed E-state index contributed by atoms with van der Waals surface area (Å²) in [6, 6.07) is 5.57. The van der Waals surface area contributed by atoms with E-state index < -0.39 is 0 Å². The minimum absolute atomic E-state index is 0.112. The molecule has 0 fully saturated rings. The Hall–Kier alpha value is -2.08. The van der Waals surface area contributed by atoms with Gasteiger partial charge >= 0.3 is 6.03 Å². The van der Waals surface area contributed by atoms with Crippen molar-refractivity contribution in [3.8, 4) is 0 Å². The van der Waals surface area contributed by atoms with E-state index >= 15 is 0 Å². The first-order valence-electron chi connectivity index (χ1n) is 6.64. The van der Waals surface area contributed by atoms with Crippen molar-refractivity contribution in [2.75, 3.05) is 27.2 Å². The Kier molecular flexibility index (Phi) is 4.57. The second-order valence-electron chi connectivity index (χ2n) is 4.97. The zero-order valence-electron chi connectivity index (χ0n) is 11.8. The van der Waals surface area contributed by atoms with Crippen molar-refractivity contribution in [2.45, 2.75) is 13.1 Å². The second-order valence-corrected chi connectivity index (χ2v) is 4.97. The van der Waals surface area contributed by atoms with Crippen LogP contribution in [0.3, 0.4) is 0 Å². The van der Waals surface area contributed by atoms with Crippen LogP contribution in [-0.2, 0) is 13.1 Å². The maximum Gasteiger partial charge on any atom is 0.316 e. The van der Waals surface area contributed by atoms with Crippen molar-refractivity contribution in [2.24, 2.45) is 0 Å². The Bertz CT molecular complexity index is 514. The van der Waals surface area contributed by atoms with Gasteiger partial charge in [0.25, 0.3) is 5.91 Å². The number of nitrogens with one attached hydrogen (secondary N) is 3. The highest BCUT2D eigenvalue weighted by atomic mass is 16.2. The van der Waals surface area contributed by atoms with Crippen LogP contribution in [0, 0.1) is 0 Å². The summed E-state index contributed by atoms with van der Waals surface area (Å²) in [7, 11) is 3.35. The van der Waals surface area contributed by atoms with Crippen molar-refractivity contribution in [3.63, 3.8) is 0 Å². The van der Waals surface area contributed by atoms with E-state index in [1.807, 2.05) is 18.2 Å². The summed E-state index contributed by atoms with van der Waals surface area (Å²) in [5, 5.41) is 8.73. The number of benzene rings is 1. The van der Waals surface area contributed by atoms with Gasteiger partial charge in [-0.15, -0.1) is 0 Å². The highest BCUT2D eigenvalue weighted by Gasteiger charge is 2.13. The molecule has 0 bridgehead atoms. The Labute approximate surface area is 118 Å². The predicted molar refractivity (Wildman–Crippen MR) is 76.4 cm³/mol. The van der Waals surface area contributed by atoms with Gasteiger partial charge in [0.05, 0.1) is 0 Å². The topological polar surface area (TPSA) is 73.5 Å². The fourth-order valence-electron chi connectivity index (χ4n) is 2.04. The smallest absolute Gasteiger partial charge is 0.316 e. The van der Waals surface area contributed by atoms with Crippen LogP contribution < -0.4 is 16.0 Å². The van der Waals surface area contributed by atoms with E-state index in [4.69, 9.17) is 0 Å². The molecule has 0 radical (unpaired) electrons. The zero-order valence-corrected chi connectivity index (χ0v) is 11.8. The van der Waals surface area contributed by atoms with Gasteiger partial charge in [0.15, 0.2) is 0 Å². The number of fused-ring (bicyclic) bond motifs is 1. The van der Waals surface area contributed by atoms with Gasteiger partial charge in [-0.2, -0.15) is 0 Å². The molecular weight excluding hydrogens is 256 g/mol. The Morgan fingerprint density at radius 1 is 1.15 bits per heavy atom. The van der Waals surface area contributed by atoms with Crippen molar-refractivity contribution >= 4 is 11.9 Å². The molecular formula is C14H20N4O2. The summed E-state index contributed by atoms with van der Waals surface area (Å²) in [6.45, 7) is 2.51. The van der Waals surface area contributed by atoms with Gasteiger partial charge < -0.3 is 20.9 Å². The summed E-state index contributed by atoms with van der Waals surface area (Å²) in [4.78, 5) is 24.7. The Balaban J connectivity index is 1.79. The number of urea groups is 1. The molecule has 6 nitrogen and oxygen atoms in total. The molecule has 3 N–H and O–H groups in total. The van der Waals surface area contributed by atoms with Gasteiger partial charge in [0, 0.05) is 45.8 Å². The summed E-state index contributed by atoms with van der Waals surface area (Å²) in [6.07, 6.45) is 0. The molecule has 20 heavy (non-hydrogen) atoms. The van der Waals surface area contributed by atoms with Crippen LogP contribution in [0.25, 0.3) is 0 Å². The Morgan fingerprint density at radius 2 is 1.85 bits per heavy atom. The third kappa shape index (κ3) is 3.48. The van der Waals surface area contributed by atoms with E-state index in [2.05, 4.69) is 16.0 Å². The largest absolute Gasteiger partial charge is 0.350 e. The molecule has 1 aromatic carbocycles. The minimum Gasteiger partial charge on any atom is -0.350 e. The van der Waals surface area contributed by atoms with Crippen LogP contribution >= 0.6 is 0 Å². The van der Waals surface area contributed by atoms with Crippen LogP contribution in [0.4, 0.5) is 4.79 Å². The summed E-state index contributed by atoms with van der Waals surface area (Å²) < 4.78 is 0. The average Bonchev–Trinajstić information content (AvgIpc) is 2.90. The van der Waals surface area contributed by atoms with E-state index in [-0.39, 0.29) is 11.9 Å². The lowest BCUT2D eigenvalue weighted by molar-refractivity contribution is 0.0953. The summed E-state index contributed by atoms with van der Waals surface area (Å²) >= 11 is 0. The molecule has 6 heteroatoms. The highest BCUT2D eigenvalue weighted by molar-refractivity contribution is 5.94. The van der Waals surface area contributed by atoms with Gasteiger partial charge in [0.1, 0.15) is 0 Å². The van der Waals surface area contributed by atoms with Gasteiger partial charge in [-0.1, -0.05) is 6.07 Å². The van der Waals surface area contributed by atoms with Crippen molar-refractivity contribution in [3.05, 3.63) is 34.9 Å². The molecule has 0 saturated heterocycles. The normalized spacial score (nSPS) is 12.7.